The lowest BCUT2D eigenvalue weighted by Gasteiger charge is -2.15. The van der Waals surface area contributed by atoms with Gasteiger partial charge in [-0.05, 0) is 55.8 Å². The van der Waals surface area contributed by atoms with E-state index in [0.717, 1.165) is 40.4 Å². The van der Waals surface area contributed by atoms with Crippen LogP contribution >= 0.6 is 11.3 Å². The number of hydrogen-bond acceptors (Lipinski definition) is 6. The Bertz CT molecular complexity index is 1110. The van der Waals surface area contributed by atoms with Crippen LogP contribution in [0.2, 0.25) is 0 Å². The van der Waals surface area contributed by atoms with Crippen molar-refractivity contribution in [3.8, 4) is 16.9 Å². The van der Waals surface area contributed by atoms with E-state index in [1.54, 1.807) is 11.3 Å². The van der Waals surface area contributed by atoms with Gasteiger partial charge < -0.3 is 10.1 Å². The van der Waals surface area contributed by atoms with Crippen molar-refractivity contribution in [2.45, 2.75) is 12.8 Å². The molecule has 1 aliphatic rings. The molecule has 1 fully saturated rings. The van der Waals surface area contributed by atoms with Crippen LogP contribution in [-0.4, -0.2) is 41.1 Å². The molecular formula is C24H24N4OS. The molecule has 3 heterocycles. The van der Waals surface area contributed by atoms with E-state index in [2.05, 4.69) is 32.7 Å². The number of nitrogens with one attached hydrogen (secondary N) is 1. The fraction of sp³-hybridized carbons (Fsp3) is 0.250. The first-order chi connectivity index (χ1) is 14.8. The molecule has 6 heteroatoms. The zero-order valence-corrected chi connectivity index (χ0v) is 17.6. The first-order valence-corrected chi connectivity index (χ1v) is 11.2. The average Bonchev–Trinajstić information content (AvgIpc) is 3.45. The van der Waals surface area contributed by atoms with Crippen molar-refractivity contribution in [3.63, 3.8) is 0 Å². The molecule has 5 nitrogen and oxygen atoms in total. The lowest BCUT2D eigenvalue weighted by atomic mass is 10.1. The van der Waals surface area contributed by atoms with E-state index in [0.29, 0.717) is 5.95 Å². The molecule has 0 atom stereocenters. The van der Waals surface area contributed by atoms with E-state index in [1.165, 1.54) is 31.5 Å². The fourth-order valence-corrected chi connectivity index (χ4v) is 4.65. The summed E-state index contributed by atoms with van der Waals surface area (Å²) in [7, 11) is 0. The number of thiophene rings is 1. The van der Waals surface area contributed by atoms with Crippen LogP contribution in [0.4, 0.5) is 11.6 Å². The van der Waals surface area contributed by atoms with Gasteiger partial charge in [0.1, 0.15) is 12.4 Å². The highest BCUT2D eigenvalue weighted by atomic mass is 32.1. The van der Waals surface area contributed by atoms with Crippen LogP contribution in [-0.2, 0) is 0 Å². The fourth-order valence-electron chi connectivity index (χ4n) is 3.77. The van der Waals surface area contributed by atoms with Gasteiger partial charge in [0.15, 0.2) is 0 Å². The molecule has 30 heavy (non-hydrogen) atoms. The highest BCUT2D eigenvalue weighted by Crippen LogP contribution is 2.33. The van der Waals surface area contributed by atoms with E-state index in [1.807, 2.05) is 48.7 Å². The van der Waals surface area contributed by atoms with Gasteiger partial charge in [-0.3, -0.25) is 4.90 Å². The summed E-state index contributed by atoms with van der Waals surface area (Å²) in [5.41, 5.74) is 4.23. The first kappa shape index (κ1) is 19.0. The summed E-state index contributed by atoms with van der Waals surface area (Å²) in [6.45, 7) is 4.13. The number of ether oxygens (including phenoxy) is 1. The van der Waals surface area contributed by atoms with Gasteiger partial charge in [0.2, 0.25) is 5.95 Å². The highest BCUT2D eigenvalue weighted by Gasteiger charge is 2.11. The molecule has 0 aliphatic carbocycles. The SMILES string of the molecule is c1ccc(-c2csc3cnc(Nc4ccc(OCCN5CCCC5)cc4)nc23)cc1. The minimum absolute atomic E-state index is 0.598. The molecule has 0 saturated carbocycles. The minimum Gasteiger partial charge on any atom is -0.492 e. The summed E-state index contributed by atoms with van der Waals surface area (Å²) in [6, 6.07) is 18.3. The summed E-state index contributed by atoms with van der Waals surface area (Å²) < 4.78 is 6.97. The normalized spacial score (nSPS) is 14.3. The molecule has 5 rings (SSSR count). The predicted octanol–water partition coefficient (Wildman–Crippen LogP) is 5.58. The zero-order chi connectivity index (χ0) is 20.2. The van der Waals surface area contributed by atoms with Gasteiger partial charge in [-0.25, -0.2) is 9.97 Å². The van der Waals surface area contributed by atoms with Gasteiger partial charge in [-0.15, -0.1) is 11.3 Å². The van der Waals surface area contributed by atoms with Crippen molar-refractivity contribution < 1.29 is 4.74 Å². The Kier molecular flexibility index (Phi) is 5.59. The Labute approximate surface area is 180 Å². The summed E-state index contributed by atoms with van der Waals surface area (Å²) in [5, 5.41) is 5.46. The molecule has 2 aromatic carbocycles. The third-order valence-electron chi connectivity index (χ3n) is 5.38. The summed E-state index contributed by atoms with van der Waals surface area (Å²) in [5.74, 6) is 1.49. The van der Waals surface area contributed by atoms with Crippen molar-refractivity contribution in [2.24, 2.45) is 0 Å². The molecule has 0 amide bonds. The topological polar surface area (TPSA) is 50.3 Å². The molecule has 0 spiro atoms. The number of anilines is 2. The van der Waals surface area contributed by atoms with E-state index in [9.17, 15) is 0 Å². The molecule has 0 bridgehead atoms. The molecular weight excluding hydrogens is 392 g/mol. The van der Waals surface area contributed by atoms with Crippen LogP contribution in [0, 0.1) is 0 Å². The van der Waals surface area contributed by atoms with Crippen LogP contribution in [0.15, 0.2) is 66.2 Å². The third-order valence-corrected chi connectivity index (χ3v) is 6.29. The molecule has 1 saturated heterocycles. The maximum atomic E-state index is 5.89. The third kappa shape index (κ3) is 4.30. The van der Waals surface area contributed by atoms with Crippen molar-refractivity contribution >= 4 is 33.2 Å². The van der Waals surface area contributed by atoms with Crippen molar-refractivity contribution in [3.05, 3.63) is 66.2 Å². The molecule has 2 aromatic heterocycles. The van der Waals surface area contributed by atoms with Gasteiger partial charge in [0.25, 0.3) is 0 Å². The Morgan fingerprint density at radius 3 is 2.60 bits per heavy atom. The molecule has 0 radical (unpaired) electrons. The number of hydrogen-bond donors (Lipinski definition) is 1. The second-order valence-corrected chi connectivity index (χ2v) is 8.38. The molecule has 1 N–H and O–H groups in total. The minimum atomic E-state index is 0.598. The number of likely N-dealkylation sites (tertiary alicyclic amines) is 1. The number of rotatable bonds is 7. The smallest absolute Gasteiger partial charge is 0.227 e. The van der Waals surface area contributed by atoms with E-state index in [4.69, 9.17) is 9.72 Å². The van der Waals surface area contributed by atoms with Crippen molar-refractivity contribution in [1.29, 1.82) is 0 Å². The maximum absolute atomic E-state index is 5.89. The van der Waals surface area contributed by atoms with Crippen molar-refractivity contribution in [2.75, 3.05) is 31.6 Å². The summed E-state index contributed by atoms with van der Waals surface area (Å²) in [4.78, 5) is 11.7. The second-order valence-electron chi connectivity index (χ2n) is 7.47. The summed E-state index contributed by atoms with van der Waals surface area (Å²) >= 11 is 1.67. The maximum Gasteiger partial charge on any atom is 0.227 e. The van der Waals surface area contributed by atoms with E-state index in [-0.39, 0.29) is 0 Å². The van der Waals surface area contributed by atoms with Gasteiger partial charge in [-0.2, -0.15) is 0 Å². The van der Waals surface area contributed by atoms with Gasteiger partial charge in [0.05, 0.1) is 16.4 Å². The van der Waals surface area contributed by atoms with Gasteiger partial charge in [0, 0.05) is 23.2 Å². The van der Waals surface area contributed by atoms with Crippen LogP contribution in [0.3, 0.4) is 0 Å². The van der Waals surface area contributed by atoms with E-state index < -0.39 is 0 Å². The number of fused-ring (bicyclic) bond motifs is 1. The van der Waals surface area contributed by atoms with Crippen LogP contribution in [0.25, 0.3) is 21.3 Å². The number of aromatic nitrogens is 2. The number of nitrogens with zero attached hydrogens (tertiary/aromatic N) is 3. The standard InChI is InChI=1S/C24H24N4OS/c1-2-6-18(7-3-1)21-17-30-22-16-25-24(27-23(21)22)26-19-8-10-20(11-9-19)29-15-14-28-12-4-5-13-28/h1-3,6-11,16-17H,4-5,12-15H2,(H,25,26,27). The van der Waals surface area contributed by atoms with Gasteiger partial charge >= 0.3 is 0 Å². The van der Waals surface area contributed by atoms with Crippen LogP contribution < -0.4 is 10.1 Å². The van der Waals surface area contributed by atoms with Gasteiger partial charge in [-0.1, -0.05) is 30.3 Å². The molecule has 0 unspecified atom stereocenters. The summed E-state index contributed by atoms with van der Waals surface area (Å²) in [6.07, 6.45) is 4.51. The lowest BCUT2D eigenvalue weighted by molar-refractivity contribution is 0.238. The monoisotopic (exact) mass is 416 g/mol. The van der Waals surface area contributed by atoms with Crippen LogP contribution in [0.1, 0.15) is 12.8 Å². The Hall–Kier alpha value is -2.96. The Morgan fingerprint density at radius 2 is 1.80 bits per heavy atom. The number of benzene rings is 2. The predicted molar refractivity (Wildman–Crippen MR) is 124 cm³/mol. The zero-order valence-electron chi connectivity index (χ0n) is 16.8. The quantitative estimate of drug-likeness (QED) is 0.426. The lowest BCUT2D eigenvalue weighted by Crippen LogP contribution is -2.25. The average molecular weight is 417 g/mol. The molecule has 4 aromatic rings. The van der Waals surface area contributed by atoms with E-state index >= 15 is 0 Å². The van der Waals surface area contributed by atoms with Crippen molar-refractivity contribution in [1.82, 2.24) is 14.9 Å². The molecule has 152 valence electrons. The largest absolute Gasteiger partial charge is 0.492 e. The molecule has 1 aliphatic heterocycles. The van der Waals surface area contributed by atoms with Crippen LogP contribution in [0.5, 0.6) is 5.75 Å². The highest BCUT2D eigenvalue weighted by molar-refractivity contribution is 7.17. The second kappa shape index (κ2) is 8.81. The Balaban J connectivity index is 1.26. The first-order valence-electron chi connectivity index (χ1n) is 10.4. The Morgan fingerprint density at radius 1 is 1.00 bits per heavy atom.